The highest BCUT2D eigenvalue weighted by molar-refractivity contribution is 7.18. The smallest absolute Gasteiger partial charge is 0.196 e. The minimum absolute atomic E-state index is 0.0176. The van der Waals surface area contributed by atoms with E-state index in [0.717, 1.165) is 16.0 Å². The van der Waals surface area contributed by atoms with E-state index in [2.05, 4.69) is 0 Å². The first-order chi connectivity index (χ1) is 10.6. The van der Waals surface area contributed by atoms with E-state index in [1.807, 2.05) is 67.5 Å². The SMILES string of the molecule is CN(C)c1ccc(-c2c(CO)sc3ccccc3c2=O)cc1. The number of benzene rings is 2. The molecule has 0 aliphatic heterocycles. The lowest BCUT2D eigenvalue weighted by Gasteiger charge is -2.13. The Morgan fingerprint density at radius 2 is 1.73 bits per heavy atom. The van der Waals surface area contributed by atoms with Crippen LogP contribution in [-0.4, -0.2) is 19.2 Å². The highest BCUT2D eigenvalue weighted by Crippen LogP contribution is 2.29. The molecule has 3 rings (SSSR count). The molecule has 4 heteroatoms. The third-order valence-electron chi connectivity index (χ3n) is 3.69. The van der Waals surface area contributed by atoms with Crippen molar-refractivity contribution in [1.82, 2.24) is 0 Å². The maximum atomic E-state index is 12.8. The Morgan fingerprint density at radius 3 is 2.36 bits per heavy atom. The Morgan fingerprint density at radius 1 is 1.05 bits per heavy atom. The van der Waals surface area contributed by atoms with Gasteiger partial charge in [-0.05, 0) is 29.8 Å². The molecule has 0 aliphatic carbocycles. The molecule has 0 amide bonds. The van der Waals surface area contributed by atoms with E-state index < -0.39 is 0 Å². The first kappa shape index (κ1) is 14.8. The first-order valence-corrected chi connectivity index (χ1v) is 7.87. The summed E-state index contributed by atoms with van der Waals surface area (Å²) in [5.74, 6) is 0. The van der Waals surface area contributed by atoms with Crippen LogP contribution in [0.3, 0.4) is 0 Å². The van der Waals surface area contributed by atoms with Gasteiger partial charge in [-0.2, -0.15) is 0 Å². The number of nitrogens with zero attached hydrogens (tertiary/aromatic N) is 1. The highest BCUT2D eigenvalue weighted by atomic mass is 32.1. The molecule has 0 aliphatic rings. The minimum atomic E-state index is -0.129. The molecule has 112 valence electrons. The molecular formula is C18H17NO2S. The van der Waals surface area contributed by atoms with Crippen LogP contribution >= 0.6 is 11.3 Å². The fourth-order valence-corrected chi connectivity index (χ4v) is 3.58. The number of aliphatic hydroxyl groups is 1. The Balaban J connectivity index is 2.25. The lowest BCUT2D eigenvalue weighted by Crippen LogP contribution is -2.10. The molecule has 0 fully saturated rings. The molecule has 0 atom stereocenters. The second-order valence-corrected chi connectivity index (χ2v) is 6.46. The predicted octanol–water partition coefficient (Wildman–Crippen LogP) is 3.49. The lowest BCUT2D eigenvalue weighted by molar-refractivity contribution is 0.286. The molecule has 0 saturated carbocycles. The molecule has 0 bridgehead atoms. The number of rotatable bonds is 3. The Kier molecular flexibility index (Phi) is 3.96. The van der Waals surface area contributed by atoms with Gasteiger partial charge in [0.1, 0.15) is 0 Å². The summed E-state index contributed by atoms with van der Waals surface area (Å²) in [6.45, 7) is -0.129. The Hall–Kier alpha value is -2.17. The van der Waals surface area contributed by atoms with Crippen molar-refractivity contribution in [2.45, 2.75) is 6.61 Å². The summed E-state index contributed by atoms with van der Waals surface area (Å²) < 4.78 is 0.908. The maximum Gasteiger partial charge on any atom is 0.196 e. The molecule has 22 heavy (non-hydrogen) atoms. The average molecular weight is 311 g/mol. The maximum absolute atomic E-state index is 12.8. The van der Waals surface area contributed by atoms with Crippen molar-refractivity contribution in [2.24, 2.45) is 0 Å². The molecule has 3 aromatic rings. The largest absolute Gasteiger partial charge is 0.391 e. The van der Waals surface area contributed by atoms with Gasteiger partial charge in [-0.1, -0.05) is 24.3 Å². The van der Waals surface area contributed by atoms with Crippen molar-refractivity contribution in [2.75, 3.05) is 19.0 Å². The summed E-state index contributed by atoms with van der Waals surface area (Å²) in [4.78, 5) is 15.5. The van der Waals surface area contributed by atoms with Crippen molar-refractivity contribution in [3.8, 4) is 11.1 Å². The predicted molar refractivity (Wildman–Crippen MR) is 93.8 cm³/mol. The van der Waals surface area contributed by atoms with Crippen molar-refractivity contribution < 1.29 is 5.11 Å². The van der Waals surface area contributed by atoms with Gasteiger partial charge in [-0.15, -0.1) is 11.3 Å². The van der Waals surface area contributed by atoms with Crippen LogP contribution in [0.4, 0.5) is 5.69 Å². The molecule has 1 N–H and O–H groups in total. The zero-order chi connectivity index (χ0) is 15.7. The summed E-state index contributed by atoms with van der Waals surface area (Å²) in [6.07, 6.45) is 0. The summed E-state index contributed by atoms with van der Waals surface area (Å²) in [7, 11) is 3.95. The standard InChI is InChI=1S/C18H17NO2S/c1-19(2)13-9-7-12(8-10-13)17-16(11-20)22-15-6-4-3-5-14(15)18(17)21/h3-10,20H,11H2,1-2H3. The van der Waals surface area contributed by atoms with Crippen molar-refractivity contribution >= 4 is 27.1 Å². The number of hydrogen-bond acceptors (Lipinski definition) is 4. The molecule has 0 saturated heterocycles. The number of aliphatic hydroxyl groups excluding tert-OH is 1. The fraction of sp³-hybridized carbons (Fsp3) is 0.167. The van der Waals surface area contributed by atoms with Gasteiger partial charge in [0.15, 0.2) is 5.43 Å². The molecular weight excluding hydrogens is 294 g/mol. The molecule has 0 spiro atoms. The molecule has 0 radical (unpaired) electrons. The lowest BCUT2D eigenvalue weighted by atomic mass is 10.0. The number of hydrogen-bond donors (Lipinski definition) is 1. The average Bonchev–Trinajstić information content (AvgIpc) is 2.55. The number of anilines is 1. The van der Waals surface area contributed by atoms with Gasteiger partial charge in [0.05, 0.1) is 6.61 Å². The van der Waals surface area contributed by atoms with Crippen molar-refractivity contribution in [3.05, 3.63) is 63.6 Å². The molecule has 3 nitrogen and oxygen atoms in total. The van der Waals surface area contributed by atoms with Gasteiger partial charge >= 0.3 is 0 Å². The normalized spacial score (nSPS) is 10.9. The number of fused-ring (bicyclic) bond motifs is 1. The van der Waals surface area contributed by atoms with Crippen LogP contribution in [0.1, 0.15) is 4.88 Å². The van der Waals surface area contributed by atoms with Gasteiger partial charge < -0.3 is 10.0 Å². The second kappa shape index (κ2) is 5.91. The van der Waals surface area contributed by atoms with E-state index in [1.54, 1.807) is 0 Å². The van der Waals surface area contributed by atoms with E-state index in [9.17, 15) is 9.90 Å². The first-order valence-electron chi connectivity index (χ1n) is 7.05. The third-order valence-corrected chi connectivity index (χ3v) is 4.84. The molecule has 0 unspecified atom stereocenters. The minimum Gasteiger partial charge on any atom is -0.391 e. The third kappa shape index (κ3) is 2.51. The van der Waals surface area contributed by atoms with Gasteiger partial charge in [-0.3, -0.25) is 4.79 Å². The van der Waals surface area contributed by atoms with Crippen LogP contribution in [0, 0.1) is 0 Å². The summed E-state index contributed by atoms with van der Waals surface area (Å²) in [6, 6.07) is 15.4. The van der Waals surface area contributed by atoms with E-state index in [1.165, 1.54) is 11.3 Å². The zero-order valence-electron chi connectivity index (χ0n) is 12.5. The quantitative estimate of drug-likeness (QED) is 0.805. The van der Waals surface area contributed by atoms with Gasteiger partial charge in [0.25, 0.3) is 0 Å². The Bertz CT molecular complexity index is 866. The van der Waals surface area contributed by atoms with Crippen LogP contribution in [-0.2, 0) is 6.61 Å². The van der Waals surface area contributed by atoms with E-state index >= 15 is 0 Å². The molecule has 1 heterocycles. The van der Waals surface area contributed by atoms with E-state index in [0.29, 0.717) is 15.8 Å². The fourth-order valence-electron chi connectivity index (χ4n) is 2.52. The zero-order valence-corrected chi connectivity index (χ0v) is 13.4. The summed E-state index contributed by atoms with van der Waals surface area (Å²) in [5, 5.41) is 10.4. The van der Waals surface area contributed by atoms with Crippen LogP contribution in [0.5, 0.6) is 0 Å². The summed E-state index contributed by atoms with van der Waals surface area (Å²) >= 11 is 1.47. The van der Waals surface area contributed by atoms with E-state index in [-0.39, 0.29) is 12.0 Å². The molecule has 2 aromatic carbocycles. The highest BCUT2D eigenvalue weighted by Gasteiger charge is 2.13. The van der Waals surface area contributed by atoms with Gasteiger partial charge in [0, 0.05) is 40.3 Å². The van der Waals surface area contributed by atoms with Gasteiger partial charge in [-0.25, -0.2) is 0 Å². The van der Waals surface area contributed by atoms with Gasteiger partial charge in [0.2, 0.25) is 0 Å². The van der Waals surface area contributed by atoms with Crippen LogP contribution in [0.2, 0.25) is 0 Å². The van der Waals surface area contributed by atoms with E-state index in [4.69, 9.17) is 0 Å². The van der Waals surface area contributed by atoms with Crippen LogP contribution in [0.15, 0.2) is 53.3 Å². The topological polar surface area (TPSA) is 40.5 Å². The van der Waals surface area contributed by atoms with Crippen LogP contribution < -0.4 is 10.3 Å². The van der Waals surface area contributed by atoms with Crippen LogP contribution in [0.25, 0.3) is 21.2 Å². The second-order valence-electron chi connectivity index (χ2n) is 5.32. The summed E-state index contributed by atoms with van der Waals surface area (Å²) in [5.41, 5.74) is 2.51. The Labute approximate surface area is 133 Å². The van der Waals surface area contributed by atoms with Crippen molar-refractivity contribution in [1.29, 1.82) is 0 Å². The monoisotopic (exact) mass is 311 g/mol. The van der Waals surface area contributed by atoms with Crippen molar-refractivity contribution in [3.63, 3.8) is 0 Å². The molecule has 1 aromatic heterocycles.